The fourth-order valence-corrected chi connectivity index (χ4v) is 1.31. The van der Waals surface area contributed by atoms with Gasteiger partial charge in [0.15, 0.2) is 0 Å². The van der Waals surface area contributed by atoms with Crippen molar-refractivity contribution in [3.63, 3.8) is 0 Å². The zero-order valence-corrected chi connectivity index (χ0v) is 7.72. The summed E-state index contributed by atoms with van der Waals surface area (Å²) in [6.45, 7) is 2.07. The van der Waals surface area contributed by atoms with Gasteiger partial charge in [-0.15, -0.1) is 10.2 Å². The highest BCUT2D eigenvalue weighted by Crippen LogP contribution is 2.03. The molecule has 0 amide bonds. The summed E-state index contributed by atoms with van der Waals surface area (Å²) in [5.74, 6) is 2.02. The standard InChI is InChI=1S/C6H10BrN3/c1-3-5-8-9-6(4-7)10(5)2/h3-4H2,1-2H3. The second-order valence-corrected chi connectivity index (χ2v) is 2.64. The Morgan fingerprint density at radius 2 is 2.00 bits per heavy atom. The van der Waals surface area contributed by atoms with Crippen molar-refractivity contribution in [1.82, 2.24) is 14.8 Å². The van der Waals surface area contributed by atoms with E-state index in [0.29, 0.717) is 0 Å². The Labute approximate surface area is 68.6 Å². The van der Waals surface area contributed by atoms with Crippen molar-refractivity contribution < 1.29 is 0 Å². The topological polar surface area (TPSA) is 30.7 Å². The zero-order valence-electron chi connectivity index (χ0n) is 6.13. The Balaban J connectivity index is 2.97. The molecule has 56 valence electrons. The normalized spacial score (nSPS) is 10.3. The SMILES string of the molecule is CCc1nnc(CBr)n1C. The maximum Gasteiger partial charge on any atom is 0.143 e. The molecular weight excluding hydrogens is 194 g/mol. The molecule has 0 unspecified atom stereocenters. The fraction of sp³-hybridized carbons (Fsp3) is 0.667. The Hall–Kier alpha value is -0.380. The largest absolute Gasteiger partial charge is 0.317 e. The first-order valence-electron chi connectivity index (χ1n) is 3.22. The minimum Gasteiger partial charge on any atom is -0.317 e. The van der Waals surface area contributed by atoms with Crippen LogP contribution in [0.3, 0.4) is 0 Å². The molecule has 3 nitrogen and oxygen atoms in total. The molecule has 0 spiro atoms. The number of hydrogen-bond donors (Lipinski definition) is 0. The molecule has 10 heavy (non-hydrogen) atoms. The van der Waals surface area contributed by atoms with Gasteiger partial charge in [0.05, 0.1) is 5.33 Å². The van der Waals surface area contributed by atoms with Gasteiger partial charge in [0.2, 0.25) is 0 Å². The van der Waals surface area contributed by atoms with Crippen LogP contribution in [0.15, 0.2) is 0 Å². The zero-order chi connectivity index (χ0) is 7.56. The minimum absolute atomic E-state index is 0.774. The first-order valence-corrected chi connectivity index (χ1v) is 4.34. The Kier molecular flexibility index (Phi) is 2.43. The first-order chi connectivity index (χ1) is 4.79. The van der Waals surface area contributed by atoms with Gasteiger partial charge in [-0.2, -0.15) is 0 Å². The first kappa shape index (κ1) is 7.72. The van der Waals surface area contributed by atoms with Crippen LogP contribution in [0.2, 0.25) is 0 Å². The molecule has 0 atom stereocenters. The summed E-state index contributed by atoms with van der Waals surface area (Å²) in [6, 6.07) is 0. The predicted octanol–water partition coefficient (Wildman–Crippen LogP) is 1.27. The van der Waals surface area contributed by atoms with Gasteiger partial charge in [-0.05, 0) is 0 Å². The van der Waals surface area contributed by atoms with Crippen LogP contribution >= 0.6 is 15.9 Å². The second-order valence-electron chi connectivity index (χ2n) is 2.08. The highest BCUT2D eigenvalue weighted by molar-refractivity contribution is 9.08. The molecule has 1 heterocycles. The highest BCUT2D eigenvalue weighted by atomic mass is 79.9. The molecule has 0 aliphatic heterocycles. The van der Waals surface area contributed by atoms with E-state index >= 15 is 0 Å². The molecule has 1 aromatic heterocycles. The lowest BCUT2D eigenvalue weighted by molar-refractivity contribution is 0.782. The van der Waals surface area contributed by atoms with Gasteiger partial charge in [-0.3, -0.25) is 0 Å². The minimum atomic E-state index is 0.774. The van der Waals surface area contributed by atoms with E-state index in [0.717, 1.165) is 23.4 Å². The van der Waals surface area contributed by atoms with Crippen LogP contribution < -0.4 is 0 Å². The Bertz CT molecular complexity index is 197. The molecule has 0 fully saturated rings. The lowest BCUT2D eigenvalue weighted by Gasteiger charge is -1.96. The fourth-order valence-electron chi connectivity index (χ4n) is 0.823. The van der Waals surface area contributed by atoms with Crippen LogP contribution in [-0.2, 0) is 18.8 Å². The number of aryl methyl sites for hydroxylation is 1. The third kappa shape index (κ3) is 1.21. The van der Waals surface area contributed by atoms with E-state index in [-0.39, 0.29) is 0 Å². The summed E-state index contributed by atoms with van der Waals surface area (Å²) in [4.78, 5) is 0. The summed E-state index contributed by atoms with van der Waals surface area (Å²) in [5, 5.41) is 8.73. The van der Waals surface area contributed by atoms with Crippen molar-refractivity contribution in [3.8, 4) is 0 Å². The quantitative estimate of drug-likeness (QED) is 0.679. The number of nitrogens with zero attached hydrogens (tertiary/aromatic N) is 3. The molecule has 0 N–H and O–H groups in total. The molecule has 0 bridgehead atoms. The lowest BCUT2D eigenvalue weighted by atomic mass is 10.4. The Morgan fingerprint density at radius 3 is 2.30 bits per heavy atom. The monoisotopic (exact) mass is 203 g/mol. The van der Waals surface area contributed by atoms with Gasteiger partial charge in [-0.1, -0.05) is 22.9 Å². The summed E-state index contributed by atoms with van der Waals surface area (Å²) < 4.78 is 2.01. The smallest absolute Gasteiger partial charge is 0.143 e. The number of rotatable bonds is 2. The van der Waals surface area contributed by atoms with E-state index in [4.69, 9.17) is 0 Å². The molecule has 0 radical (unpaired) electrons. The van der Waals surface area contributed by atoms with Gasteiger partial charge in [0, 0.05) is 13.5 Å². The van der Waals surface area contributed by atoms with Crippen molar-refractivity contribution in [2.24, 2.45) is 7.05 Å². The molecule has 0 aliphatic rings. The predicted molar refractivity (Wildman–Crippen MR) is 43.0 cm³/mol. The van der Waals surface area contributed by atoms with Crippen molar-refractivity contribution in [2.45, 2.75) is 18.7 Å². The third-order valence-corrected chi connectivity index (χ3v) is 1.99. The number of halogens is 1. The second kappa shape index (κ2) is 3.14. The van der Waals surface area contributed by atoms with E-state index in [1.165, 1.54) is 0 Å². The van der Waals surface area contributed by atoms with Crippen molar-refractivity contribution >= 4 is 15.9 Å². The van der Waals surface area contributed by atoms with Crippen molar-refractivity contribution in [3.05, 3.63) is 11.6 Å². The van der Waals surface area contributed by atoms with Crippen LogP contribution in [0.25, 0.3) is 0 Å². The molecular formula is C6H10BrN3. The maximum absolute atomic E-state index is 3.99. The summed E-state index contributed by atoms with van der Waals surface area (Å²) in [5.41, 5.74) is 0. The van der Waals surface area contributed by atoms with Crippen molar-refractivity contribution in [2.75, 3.05) is 0 Å². The number of aromatic nitrogens is 3. The number of alkyl halides is 1. The summed E-state index contributed by atoms with van der Waals surface area (Å²) in [6.07, 6.45) is 0.941. The van der Waals surface area contributed by atoms with Gasteiger partial charge in [-0.25, -0.2) is 0 Å². The van der Waals surface area contributed by atoms with Crippen molar-refractivity contribution in [1.29, 1.82) is 0 Å². The molecule has 4 heteroatoms. The maximum atomic E-state index is 3.99. The molecule has 0 saturated heterocycles. The van der Waals surface area contributed by atoms with Gasteiger partial charge in [0.25, 0.3) is 0 Å². The Morgan fingerprint density at radius 1 is 1.40 bits per heavy atom. The lowest BCUT2D eigenvalue weighted by Crippen LogP contribution is -1.98. The van der Waals surface area contributed by atoms with Gasteiger partial charge in [0.1, 0.15) is 11.6 Å². The molecule has 1 rings (SSSR count). The number of hydrogen-bond acceptors (Lipinski definition) is 2. The molecule has 1 aromatic rings. The van der Waals surface area contributed by atoms with Crippen LogP contribution in [0.1, 0.15) is 18.6 Å². The van der Waals surface area contributed by atoms with Gasteiger partial charge < -0.3 is 4.57 Å². The average Bonchev–Trinajstić information content (AvgIpc) is 2.30. The third-order valence-electron chi connectivity index (χ3n) is 1.49. The van der Waals surface area contributed by atoms with E-state index in [1.807, 2.05) is 11.6 Å². The average molecular weight is 204 g/mol. The van der Waals surface area contributed by atoms with Crippen LogP contribution in [0, 0.1) is 0 Å². The van der Waals surface area contributed by atoms with E-state index in [2.05, 4.69) is 33.1 Å². The summed E-state index contributed by atoms with van der Waals surface area (Å²) >= 11 is 3.33. The molecule has 0 aliphatic carbocycles. The van der Waals surface area contributed by atoms with E-state index < -0.39 is 0 Å². The van der Waals surface area contributed by atoms with Crippen LogP contribution in [0.4, 0.5) is 0 Å². The summed E-state index contributed by atoms with van der Waals surface area (Å²) in [7, 11) is 1.98. The van der Waals surface area contributed by atoms with Gasteiger partial charge >= 0.3 is 0 Å². The highest BCUT2D eigenvalue weighted by Gasteiger charge is 2.03. The molecule has 0 aromatic carbocycles. The van der Waals surface area contributed by atoms with E-state index in [9.17, 15) is 0 Å². The van der Waals surface area contributed by atoms with E-state index in [1.54, 1.807) is 0 Å². The van der Waals surface area contributed by atoms with Crippen LogP contribution in [-0.4, -0.2) is 14.8 Å². The molecule has 0 saturated carbocycles. The van der Waals surface area contributed by atoms with Crippen LogP contribution in [0.5, 0.6) is 0 Å².